The molecule has 2 heterocycles. The number of aryl methyl sites for hydroxylation is 1. The van der Waals surface area contributed by atoms with Crippen LogP contribution >= 0.6 is 23.1 Å². The number of anilines is 1. The molecule has 0 bridgehead atoms. The SMILES string of the molecule is CSCC[n+]1c(N)sc2cc3c(cc21)OCCO3.[Cl-]. The molecule has 0 radical (unpaired) electrons. The van der Waals surface area contributed by atoms with Crippen molar-refractivity contribution in [1.82, 2.24) is 0 Å². The van der Waals surface area contributed by atoms with Crippen LogP contribution in [-0.2, 0) is 6.54 Å². The van der Waals surface area contributed by atoms with E-state index in [-0.39, 0.29) is 12.4 Å². The molecule has 3 rings (SSSR count). The van der Waals surface area contributed by atoms with Crippen LogP contribution in [0.5, 0.6) is 11.5 Å². The number of aromatic nitrogens is 1. The number of hydrogen-bond acceptors (Lipinski definition) is 5. The summed E-state index contributed by atoms with van der Waals surface area (Å²) in [5.41, 5.74) is 7.22. The number of thioether (sulfide) groups is 1. The quantitative estimate of drug-likeness (QED) is 0.731. The second kappa shape index (κ2) is 6.07. The van der Waals surface area contributed by atoms with Crippen LogP contribution in [0.2, 0.25) is 0 Å². The lowest BCUT2D eigenvalue weighted by molar-refractivity contribution is -0.648. The van der Waals surface area contributed by atoms with Gasteiger partial charge in [0.15, 0.2) is 11.5 Å². The van der Waals surface area contributed by atoms with Gasteiger partial charge in [-0.05, 0) is 17.6 Å². The number of nitrogens with two attached hydrogens (primary N) is 1. The normalized spacial score (nSPS) is 13.3. The summed E-state index contributed by atoms with van der Waals surface area (Å²) in [6.07, 6.45) is 2.10. The van der Waals surface area contributed by atoms with E-state index >= 15 is 0 Å². The van der Waals surface area contributed by atoms with Gasteiger partial charge in [0.2, 0.25) is 0 Å². The van der Waals surface area contributed by atoms with Gasteiger partial charge in [-0.25, -0.2) is 4.57 Å². The Hall–Kier alpha value is -0.850. The van der Waals surface area contributed by atoms with Crippen molar-refractivity contribution in [3.8, 4) is 11.5 Å². The highest BCUT2D eigenvalue weighted by Crippen LogP contribution is 2.36. The van der Waals surface area contributed by atoms with Gasteiger partial charge in [0.25, 0.3) is 0 Å². The molecule has 1 aromatic heterocycles. The molecule has 0 saturated carbocycles. The standard InChI is InChI=1S/C12H14N2O2S2.ClH/c1-17-5-2-14-8-6-9-10(16-4-3-15-9)7-11(8)18-12(14)13;/h6-7,13H,2-5H2,1H3;1H. The Kier molecular flexibility index (Phi) is 4.65. The van der Waals surface area contributed by atoms with Crippen LogP contribution in [-0.4, -0.2) is 25.2 Å². The fourth-order valence-electron chi connectivity index (χ4n) is 2.05. The van der Waals surface area contributed by atoms with Gasteiger partial charge in [-0.15, -0.1) is 0 Å². The minimum absolute atomic E-state index is 0. The van der Waals surface area contributed by atoms with E-state index in [1.807, 2.05) is 23.9 Å². The Morgan fingerprint density at radius 2 is 2.00 bits per heavy atom. The number of fused-ring (bicyclic) bond motifs is 2. The van der Waals surface area contributed by atoms with E-state index in [1.165, 1.54) is 0 Å². The number of nitrogens with zero attached hydrogens (tertiary/aromatic N) is 1. The number of thiazole rings is 1. The molecule has 104 valence electrons. The van der Waals surface area contributed by atoms with Crippen LogP contribution in [0, 0.1) is 0 Å². The van der Waals surface area contributed by atoms with Gasteiger partial charge in [-0.3, -0.25) is 5.73 Å². The fourth-order valence-corrected chi connectivity index (χ4v) is 3.38. The molecule has 2 N–H and O–H groups in total. The van der Waals surface area contributed by atoms with Crippen LogP contribution in [0.1, 0.15) is 0 Å². The van der Waals surface area contributed by atoms with Gasteiger partial charge in [0.1, 0.15) is 25.3 Å². The third kappa shape index (κ3) is 2.70. The Bertz CT molecular complexity index is 589. The smallest absolute Gasteiger partial charge is 0.332 e. The largest absolute Gasteiger partial charge is 1.00 e. The summed E-state index contributed by atoms with van der Waals surface area (Å²) in [5, 5.41) is 0.835. The van der Waals surface area contributed by atoms with Crippen molar-refractivity contribution in [3.05, 3.63) is 12.1 Å². The maximum Gasteiger partial charge on any atom is 0.332 e. The molecule has 19 heavy (non-hydrogen) atoms. The molecular formula is C12H15ClN2O2S2. The van der Waals surface area contributed by atoms with Crippen molar-refractivity contribution in [2.24, 2.45) is 0 Å². The van der Waals surface area contributed by atoms with Gasteiger partial charge >= 0.3 is 5.13 Å². The van der Waals surface area contributed by atoms with E-state index in [4.69, 9.17) is 15.2 Å². The van der Waals surface area contributed by atoms with E-state index < -0.39 is 0 Å². The number of benzene rings is 1. The minimum atomic E-state index is 0. The molecule has 0 amide bonds. The molecule has 0 fully saturated rings. The predicted molar refractivity (Wildman–Crippen MR) is 75.8 cm³/mol. The Balaban J connectivity index is 0.00000133. The predicted octanol–water partition coefficient (Wildman–Crippen LogP) is -1.09. The zero-order valence-corrected chi connectivity index (χ0v) is 12.9. The summed E-state index contributed by atoms with van der Waals surface area (Å²) < 4.78 is 14.5. The first-order valence-electron chi connectivity index (χ1n) is 5.80. The zero-order chi connectivity index (χ0) is 12.5. The molecule has 0 atom stereocenters. The monoisotopic (exact) mass is 318 g/mol. The molecule has 1 aliphatic rings. The summed E-state index contributed by atoms with van der Waals surface area (Å²) in [6.45, 7) is 2.15. The van der Waals surface area contributed by atoms with Gasteiger partial charge in [-0.2, -0.15) is 11.8 Å². The van der Waals surface area contributed by atoms with Crippen LogP contribution in [0.15, 0.2) is 12.1 Å². The lowest BCUT2D eigenvalue weighted by atomic mass is 10.2. The van der Waals surface area contributed by atoms with Crippen LogP contribution in [0.25, 0.3) is 10.2 Å². The number of halogens is 1. The van der Waals surface area contributed by atoms with E-state index in [9.17, 15) is 0 Å². The van der Waals surface area contributed by atoms with Gasteiger partial charge in [-0.1, -0.05) is 0 Å². The van der Waals surface area contributed by atoms with Crippen molar-refractivity contribution in [2.75, 3.05) is 31.0 Å². The van der Waals surface area contributed by atoms with Crippen LogP contribution < -0.4 is 32.2 Å². The van der Waals surface area contributed by atoms with Crippen molar-refractivity contribution in [2.45, 2.75) is 6.54 Å². The third-order valence-corrected chi connectivity index (χ3v) is 4.48. The van der Waals surface area contributed by atoms with E-state index in [0.29, 0.717) is 13.2 Å². The van der Waals surface area contributed by atoms with E-state index in [2.05, 4.69) is 10.8 Å². The highest BCUT2D eigenvalue weighted by Gasteiger charge is 2.20. The molecule has 1 aromatic carbocycles. The molecule has 2 aromatic rings. The lowest BCUT2D eigenvalue weighted by Gasteiger charge is -2.17. The van der Waals surface area contributed by atoms with Crippen molar-refractivity contribution >= 4 is 38.4 Å². The van der Waals surface area contributed by atoms with Gasteiger partial charge in [0.05, 0.1) is 4.70 Å². The van der Waals surface area contributed by atoms with Gasteiger partial charge in [0, 0.05) is 17.9 Å². The average molecular weight is 319 g/mol. The molecule has 7 heteroatoms. The Morgan fingerprint density at radius 1 is 1.32 bits per heavy atom. The van der Waals surface area contributed by atoms with Crippen molar-refractivity contribution in [1.29, 1.82) is 0 Å². The Morgan fingerprint density at radius 3 is 2.68 bits per heavy atom. The lowest BCUT2D eigenvalue weighted by Crippen LogP contribution is -3.00. The molecule has 1 aliphatic heterocycles. The molecule has 0 aliphatic carbocycles. The highest BCUT2D eigenvalue weighted by atomic mass is 35.5. The maximum absolute atomic E-state index is 6.08. The third-order valence-electron chi connectivity index (χ3n) is 2.91. The fraction of sp³-hybridized carbons (Fsp3) is 0.417. The molecule has 0 spiro atoms. The highest BCUT2D eigenvalue weighted by molar-refractivity contribution is 7.98. The molecule has 4 nitrogen and oxygen atoms in total. The van der Waals surface area contributed by atoms with Gasteiger partial charge < -0.3 is 21.9 Å². The molecule has 0 unspecified atom stereocenters. The first kappa shape index (κ1) is 14.6. The van der Waals surface area contributed by atoms with Crippen molar-refractivity contribution < 1.29 is 26.4 Å². The van der Waals surface area contributed by atoms with Crippen LogP contribution in [0.4, 0.5) is 5.13 Å². The first-order chi connectivity index (χ1) is 8.79. The average Bonchev–Trinajstić information content (AvgIpc) is 2.68. The second-order valence-electron chi connectivity index (χ2n) is 4.05. The molecular weight excluding hydrogens is 304 g/mol. The topological polar surface area (TPSA) is 48.4 Å². The first-order valence-corrected chi connectivity index (χ1v) is 8.01. The summed E-state index contributed by atoms with van der Waals surface area (Å²) in [5.74, 6) is 2.70. The Labute approximate surface area is 126 Å². The summed E-state index contributed by atoms with van der Waals surface area (Å²) >= 11 is 3.42. The maximum atomic E-state index is 6.08. The minimum Gasteiger partial charge on any atom is -1.00 e. The zero-order valence-electron chi connectivity index (χ0n) is 10.5. The summed E-state index contributed by atoms with van der Waals surface area (Å²) in [4.78, 5) is 0. The number of rotatable bonds is 3. The summed E-state index contributed by atoms with van der Waals surface area (Å²) in [6, 6.07) is 4.07. The van der Waals surface area contributed by atoms with Crippen LogP contribution in [0.3, 0.4) is 0 Å². The number of hydrogen-bond donors (Lipinski definition) is 1. The second-order valence-corrected chi connectivity index (χ2v) is 6.10. The number of nitrogen functional groups attached to an aromatic ring is 1. The summed E-state index contributed by atoms with van der Waals surface area (Å²) in [7, 11) is 0. The van der Waals surface area contributed by atoms with Crippen molar-refractivity contribution in [3.63, 3.8) is 0 Å². The van der Waals surface area contributed by atoms with E-state index in [1.54, 1.807) is 11.3 Å². The number of ether oxygens (including phenoxy) is 2. The molecule has 0 saturated heterocycles. The van der Waals surface area contributed by atoms with E-state index in [0.717, 1.165) is 39.1 Å².